The number of thiazole rings is 1. The average molecular weight is 833 g/mol. The number of carbonyl (C=O) groups is 4. The van der Waals surface area contributed by atoms with Gasteiger partial charge in [0.05, 0.1) is 45.8 Å². The molecule has 3 aliphatic rings. The maximum absolute atomic E-state index is 16.0. The number of carbonyl (C=O) groups excluding carboxylic acids is 4. The molecule has 0 saturated heterocycles. The predicted molar refractivity (Wildman–Crippen MR) is 209 cm³/mol. The molecule has 2 aromatic carbocycles. The van der Waals surface area contributed by atoms with Crippen molar-refractivity contribution in [3.8, 4) is 17.1 Å². The van der Waals surface area contributed by atoms with Gasteiger partial charge >= 0.3 is 5.97 Å². The van der Waals surface area contributed by atoms with E-state index in [-0.39, 0.29) is 64.2 Å². The largest absolute Gasteiger partial charge is 0.490 e. The van der Waals surface area contributed by atoms with Crippen molar-refractivity contribution in [2.75, 3.05) is 18.2 Å². The lowest BCUT2D eigenvalue weighted by atomic mass is 9.86. The summed E-state index contributed by atoms with van der Waals surface area (Å²) in [5, 5.41) is 19.5. The number of rotatable bonds is 9. The molecule has 3 aliphatic heterocycles. The van der Waals surface area contributed by atoms with E-state index < -0.39 is 68.5 Å². The highest BCUT2D eigenvalue weighted by molar-refractivity contribution is 7.92. The van der Waals surface area contributed by atoms with Gasteiger partial charge in [-0.15, -0.1) is 11.3 Å². The number of anilines is 1. The van der Waals surface area contributed by atoms with Gasteiger partial charge in [-0.1, -0.05) is 20.8 Å². The Labute approximate surface area is 333 Å². The van der Waals surface area contributed by atoms with Crippen LogP contribution in [0, 0.1) is 11.7 Å². The number of hydrogen-bond acceptors (Lipinski definition) is 13. The SMILES string of the molecule is CC[C@@]1(O)C(=O)OCc2c1cc1n(c2=O)Cc2c-1nc1cc(F)c(NC(=O)[C@H](C)NC(=O)[C@@H](NC(=O)c3ccc4nc(S(C)(=O)=O)sc4c3)C(C)C)c3c1c2CCO3. The molecule has 6 heterocycles. The maximum Gasteiger partial charge on any atom is 0.343 e. The summed E-state index contributed by atoms with van der Waals surface area (Å²) >= 11 is 0.921. The van der Waals surface area contributed by atoms with Gasteiger partial charge in [-0.25, -0.2) is 27.6 Å². The summed E-state index contributed by atoms with van der Waals surface area (Å²) in [5.41, 5.74) is 0.570. The van der Waals surface area contributed by atoms with Gasteiger partial charge in [0.1, 0.15) is 24.4 Å². The second kappa shape index (κ2) is 13.9. The van der Waals surface area contributed by atoms with E-state index in [1.54, 1.807) is 26.8 Å². The molecule has 8 rings (SSSR count). The van der Waals surface area contributed by atoms with Crippen LogP contribution in [0.2, 0.25) is 0 Å². The molecule has 3 aromatic heterocycles. The Morgan fingerprint density at radius 3 is 2.48 bits per heavy atom. The summed E-state index contributed by atoms with van der Waals surface area (Å²) in [6.07, 6.45) is 1.40. The zero-order valence-electron chi connectivity index (χ0n) is 31.8. The third-order valence-corrected chi connectivity index (χ3v) is 13.5. The number of nitrogens with zero attached hydrogens (tertiary/aromatic N) is 3. The zero-order chi connectivity index (χ0) is 41.6. The number of halogens is 1. The fourth-order valence-electron chi connectivity index (χ4n) is 7.62. The lowest BCUT2D eigenvalue weighted by Gasteiger charge is -2.31. The number of sulfone groups is 1. The summed E-state index contributed by atoms with van der Waals surface area (Å²) in [4.78, 5) is 75.5. The quantitative estimate of drug-likeness (QED) is 0.154. The molecule has 5 aromatic rings. The van der Waals surface area contributed by atoms with Crippen LogP contribution < -0.4 is 26.2 Å². The highest BCUT2D eigenvalue weighted by Crippen LogP contribution is 2.46. The summed E-state index contributed by atoms with van der Waals surface area (Å²) in [7, 11) is -3.55. The Morgan fingerprint density at radius 1 is 1.02 bits per heavy atom. The van der Waals surface area contributed by atoms with Gasteiger partial charge in [0.25, 0.3) is 11.5 Å². The standard InChI is InChI=1S/C39H37FN6O10S2/c1-6-39(52)22-12-26-30-20(14-46(26)36(50)21(22)15-56-37(39)51)19-9-10-55-32-28(19)25(42-30)13-23(40)31(32)45-33(47)17(4)41-35(49)29(16(2)3)44-34(48)18-7-8-24-27(11-18)57-38(43-24)58(5,53)54/h7-8,11-13,16-17,29,52H,6,9-10,14-15H2,1-5H3,(H,41,49)(H,44,48)(H,45,47)/t17-,29-,39-/m0/s1. The Balaban J connectivity index is 1.03. The van der Waals surface area contributed by atoms with Gasteiger partial charge in [0.15, 0.2) is 17.2 Å². The number of aromatic nitrogens is 3. The molecule has 16 nitrogen and oxygen atoms in total. The van der Waals surface area contributed by atoms with E-state index >= 15 is 4.39 Å². The Kier molecular flexibility index (Phi) is 9.39. The van der Waals surface area contributed by atoms with Crippen molar-refractivity contribution in [3.05, 3.63) is 74.3 Å². The van der Waals surface area contributed by atoms with Gasteiger partial charge in [0.2, 0.25) is 26.0 Å². The molecule has 58 heavy (non-hydrogen) atoms. The number of aliphatic hydroxyl groups is 1. The fraction of sp³-hybridized carbons (Fsp3) is 0.359. The van der Waals surface area contributed by atoms with Gasteiger partial charge in [-0.2, -0.15) is 0 Å². The molecule has 0 aliphatic carbocycles. The molecule has 3 atom stereocenters. The number of benzene rings is 2. The number of esters is 1. The van der Waals surface area contributed by atoms with Gasteiger partial charge in [-0.05, 0) is 49.1 Å². The molecule has 302 valence electrons. The van der Waals surface area contributed by atoms with Crippen LogP contribution >= 0.6 is 11.3 Å². The predicted octanol–water partition coefficient (Wildman–Crippen LogP) is 3.06. The highest BCUT2D eigenvalue weighted by Gasteiger charge is 2.46. The van der Waals surface area contributed by atoms with E-state index in [4.69, 9.17) is 14.5 Å². The third-order valence-electron chi connectivity index (χ3n) is 10.8. The second-order valence-corrected chi connectivity index (χ2v) is 18.1. The molecule has 0 saturated carbocycles. The van der Waals surface area contributed by atoms with E-state index in [1.165, 1.54) is 29.7 Å². The molecule has 4 N–H and O–H groups in total. The number of pyridine rings is 2. The van der Waals surface area contributed by atoms with Gasteiger partial charge < -0.3 is 35.1 Å². The zero-order valence-corrected chi connectivity index (χ0v) is 33.4. The maximum atomic E-state index is 16.0. The lowest BCUT2D eigenvalue weighted by molar-refractivity contribution is -0.172. The molecular formula is C39H37FN6O10S2. The summed E-state index contributed by atoms with van der Waals surface area (Å²) in [6, 6.07) is 4.89. The van der Waals surface area contributed by atoms with E-state index in [0.717, 1.165) is 29.2 Å². The first-order valence-electron chi connectivity index (χ1n) is 18.4. The van der Waals surface area contributed by atoms with E-state index in [9.17, 15) is 37.5 Å². The first-order chi connectivity index (χ1) is 27.4. The number of amides is 3. The highest BCUT2D eigenvalue weighted by atomic mass is 32.2. The normalized spacial score (nSPS) is 17.8. The van der Waals surface area contributed by atoms with Crippen molar-refractivity contribution in [1.29, 1.82) is 0 Å². The molecule has 3 amide bonds. The monoisotopic (exact) mass is 832 g/mol. The van der Waals surface area contributed by atoms with Crippen molar-refractivity contribution < 1.29 is 46.6 Å². The number of fused-ring (bicyclic) bond motifs is 6. The summed E-state index contributed by atoms with van der Waals surface area (Å²) < 4.78 is 52.9. The number of nitrogens with one attached hydrogen (secondary N) is 3. The van der Waals surface area contributed by atoms with Gasteiger partial charge in [0, 0.05) is 40.8 Å². The van der Waals surface area contributed by atoms with Crippen molar-refractivity contribution in [3.63, 3.8) is 0 Å². The van der Waals surface area contributed by atoms with Crippen LogP contribution in [0.4, 0.5) is 10.1 Å². The van der Waals surface area contributed by atoms with Crippen LogP contribution in [0.3, 0.4) is 0 Å². The molecule has 0 unspecified atom stereocenters. The minimum absolute atomic E-state index is 0.0214. The van der Waals surface area contributed by atoms with Gasteiger partial charge in [-0.3, -0.25) is 19.2 Å². The number of hydrogen-bond donors (Lipinski definition) is 4. The lowest BCUT2D eigenvalue weighted by Crippen LogP contribution is -2.53. The summed E-state index contributed by atoms with van der Waals surface area (Å²) in [6.45, 7) is 6.37. The van der Waals surface area contributed by atoms with Crippen LogP contribution in [-0.4, -0.2) is 76.7 Å². The van der Waals surface area contributed by atoms with Crippen LogP contribution in [-0.2, 0) is 54.1 Å². The van der Waals surface area contributed by atoms with Crippen LogP contribution in [0.15, 0.2) is 39.5 Å². The topological polar surface area (TPSA) is 225 Å². The van der Waals surface area contributed by atoms with Crippen LogP contribution in [0.25, 0.3) is 32.5 Å². The van der Waals surface area contributed by atoms with E-state index in [0.29, 0.717) is 39.0 Å². The molecule has 0 spiro atoms. The number of cyclic esters (lactones) is 1. The van der Waals surface area contributed by atoms with Crippen molar-refractivity contribution >= 4 is 71.7 Å². The van der Waals surface area contributed by atoms with Crippen molar-refractivity contribution in [2.24, 2.45) is 5.92 Å². The van der Waals surface area contributed by atoms with Crippen molar-refractivity contribution in [1.82, 2.24) is 25.2 Å². The fourth-order valence-corrected chi connectivity index (χ4v) is 9.50. The second-order valence-electron chi connectivity index (χ2n) is 14.9. The molecule has 0 fully saturated rings. The average Bonchev–Trinajstić information content (AvgIpc) is 3.79. The summed E-state index contributed by atoms with van der Waals surface area (Å²) in [5.74, 6) is -4.15. The van der Waals surface area contributed by atoms with E-state index in [1.807, 2.05) is 0 Å². The Morgan fingerprint density at radius 2 is 1.78 bits per heavy atom. The first-order valence-corrected chi connectivity index (χ1v) is 21.1. The van der Waals surface area contributed by atoms with Crippen molar-refractivity contribution in [2.45, 2.75) is 75.7 Å². The Bertz CT molecular complexity index is 2840. The number of ether oxygens (including phenoxy) is 2. The minimum atomic E-state index is -3.55. The molecule has 0 radical (unpaired) electrons. The molecule has 19 heteroatoms. The smallest absolute Gasteiger partial charge is 0.343 e. The first kappa shape index (κ1) is 39.1. The molecule has 0 bridgehead atoms. The van der Waals surface area contributed by atoms with E-state index in [2.05, 4.69) is 20.9 Å². The third kappa shape index (κ3) is 6.27. The van der Waals surface area contributed by atoms with Crippen LogP contribution in [0.5, 0.6) is 5.75 Å². The minimum Gasteiger partial charge on any atom is -0.490 e. The van der Waals surface area contributed by atoms with Crippen LogP contribution in [0.1, 0.15) is 66.7 Å². The molecular weight excluding hydrogens is 796 g/mol. The Hall–Kier alpha value is -5.79.